The summed E-state index contributed by atoms with van der Waals surface area (Å²) in [5.74, 6) is -0.694. The molecule has 7 nitrogen and oxygen atoms in total. The first-order chi connectivity index (χ1) is 12.4. The first kappa shape index (κ1) is 18.9. The van der Waals surface area contributed by atoms with E-state index in [9.17, 15) is 17.6 Å². The van der Waals surface area contributed by atoms with Gasteiger partial charge in [0, 0.05) is 38.0 Å². The largest absolute Gasteiger partial charge is 0.335 e. The van der Waals surface area contributed by atoms with E-state index in [-0.39, 0.29) is 37.0 Å². The van der Waals surface area contributed by atoms with Crippen molar-refractivity contribution in [3.05, 3.63) is 46.2 Å². The Kier molecular flexibility index (Phi) is 5.66. The zero-order valence-electron chi connectivity index (χ0n) is 14.0. The van der Waals surface area contributed by atoms with Crippen LogP contribution in [0.15, 0.2) is 34.5 Å². The molecule has 0 spiro atoms. The predicted molar refractivity (Wildman–Crippen MR) is 95.9 cm³/mol. The second-order valence-corrected chi connectivity index (χ2v) is 8.70. The second kappa shape index (κ2) is 7.78. The van der Waals surface area contributed by atoms with E-state index >= 15 is 0 Å². The van der Waals surface area contributed by atoms with Gasteiger partial charge in [-0.2, -0.15) is 4.31 Å². The fourth-order valence-electron chi connectivity index (χ4n) is 2.70. The van der Waals surface area contributed by atoms with Crippen LogP contribution in [-0.4, -0.2) is 61.2 Å². The van der Waals surface area contributed by atoms with E-state index in [2.05, 4.69) is 4.98 Å². The highest BCUT2D eigenvalue weighted by Gasteiger charge is 2.31. The Labute approximate surface area is 155 Å². The molecule has 1 saturated heterocycles. The molecule has 3 rings (SSSR count). The molecule has 0 aliphatic carbocycles. The van der Waals surface area contributed by atoms with Crippen molar-refractivity contribution in [2.24, 2.45) is 5.73 Å². The van der Waals surface area contributed by atoms with Crippen LogP contribution in [0.1, 0.15) is 15.5 Å². The molecule has 26 heavy (non-hydrogen) atoms. The van der Waals surface area contributed by atoms with Crippen LogP contribution in [0.3, 0.4) is 0 Å². The van der Waals surface area contributed by atoms with Crippen molar-refractivity contribution in [3.63, 3.8) is 0 Å². The number of carbonyl (C=O) groups excluding carboxylic acids is 1. The van der Waals surface area contributed by atoms with Gasteiger partial charge < -0.3 is 10.6 Å². The molecule has 0 unspecified atom stereocenters. The standard InChI is InChI=1S/C16H19FN4O3S2/c17-12-1-3-13(4-2-12)26(23,24)21-9-7-20(8-10-21)16(22)14-11-25-15(19-14)5-6-18/h1-4,11H,5-10,18H2. The van der Waals surface area contributed by atoms with Gasteiger partial charge in [0.15, 0.2) is 0 Å². The quantitative estimate of drug-likeness (QED) is 0.808. The number of nitrogens with zero attached hydrogens (tertiary/aromatic N) is 3. The van der Waals surface area contributed by atoms with Crippen LogP contribution in [0.2, 0.25) is 0 Å². The number of thiazole rings is 1. The minimum absolute atomic E-state index is 0.0459. The van der Waals surface area contributed by atoms with Gasteiger partial charge in [-0.15, -0.1) is 11.3 Å². The van der Waals surface area contributed by atoms with Crippen molar-refractivity contribution in [1.82, 2.24) is 14.2 Å². The highest BCUT2D eigenvalue weighted by Crippen LogP contribution is 2.19. The molecule has 0 atom stereocenters. The average Bonchev–Trinajstić information content (AvgIpc) is 3.10. The number of hydrogen-bond acceptors (Lipinski definition) is 6. The maximum atomic E-state index is 13.0. The third-order valence-corrected chi connectivity index (χ3v) is 6.93. The van der Waals surface area contributed by atoms with Crippen molar-refractivity contribution in [1.29, 1.82) is 0 Å². The van der Waals surface area contributed by atoms with Crippen LogP contribution in [-0.2, 0) is 16.4 Å². The van der Waals surface area contributed by atoms with Crippen LogP contribution in [0.25, 0.3) is 0 Å². The van der Waals surface area contributed by atoms with E-state index in [1.165, 1.54) is 27.8 Å². The number of halogens is 1. The van der Waals surface area contributed by atoms with Gasteiger partial charge in [-0.3, -0.25) is 4.79 Å². The Balaban J connectivity index is 1.64. The van der Waals surface area contributed by atoms with E-state index < -0.39 is 15.8 Å². The molecule has 2 aromatic rings. The molecule has 1 fully saturated rings. The summed E-state index contributed by atoms with van der Waals surface area (Å²) in [5, 5.41) is 2.52. The lowest BCUT2D eigenvalue weighted by Crippen LogP contribution is -2.50. The van der Waals surface area contributed by atoms with Crippen molar-refractivity contribution < 1.29 is 17.6 Å². The van der Waals surface area contributed by atoms with Gasteiger partial charge >= 0.3 is 0 Å². The molecule has 1 aliphatic heterocycles. The van der Waals surface area contributed by atoms with Crippen LogP contribution >= 0.6 is 11.3 Å². The van der Waals surface area contributed by atoms with Gasteiger partial charge in [-0.25, -0.2) is 17.8 Å². The zero-order chi connectivity index (χ0) is 18.7. The molecule has 10 heteroatoms. The Morgan fingerprint density at radius 2 is 1.85 bits per heavy atom. The second-order valence-electron chi connectivity index (χ2n) is 5.82. The maximum absolute atomic E-state index is 13.0. The maximum Gasteiger partial charge on any atom is 0.273 e. The molecule has 0 radical (unpaired) electrons. The molecule has 0 bridgehead atoms. The van der Waals surface area contributed by atoms with Crippen molar-refractivity contribution >= 4 is 27.3 Å². The fraction of sp³-hybridized carbons (Fsp3) is 0.375. The molecule has 140 valence electrons. The number of rotatable bonds is 5. The molecule has 2 heterocycles. The van der Waals surface area contributed by atoms with Gasteiger partial charge in [0.25, 0.3) is 5.91 Å². The van der Waals surface area contributed by atoms with Crippen molar-refractivity contribution in [2.75, 3.05) is 32.7 Å². The third-order valence-electron chi connectivity index (χ3n) is 4.11. The number of hydrogen-bond donors (Lipinski definition) is 1. The summed E-state index contributed by atoms with van der Waals surface area (Å²) in [4.78, 5) is 18.4. The minimum Gasteiger partial charge on any atom is -0.335 e. The summed E-state index contributed by atoms with van der Waals surface area (Å²) in [7, 11) is -3.69. The van der Waals surface area contributed by atoms with E-state index in [0.717, 1.165) is 17.1 Å². The molecule has 1 aromatic carbocycles. The van der Waals surface area contributed by atoms with Crippen molar-refractivity contribution in [3.8, 4) is 0 Å². The summed E-state index contributed by atoms with van der Waals surface area (Å²) in [6.07, 6.45) is 0.627. The van der Waals surface area contributed by atoms with Gasteiger partial charge in [0.1, 0.15) is 11.5 Å². The normalized spacial score (nSPS) is 16.0. The summed E-state index contributed by atoms with van der Waals surface area (Å²) < 4.78 is 39.5. The Morgan fingerprint density at radius 1 is 1.19 bits per heavy atom. The summed E-state index contributed by atoms with van der Waals surface area (Å²) in [6.45, 7) is 1.41. The lowest BCUT2D eigenvalue weighted by molar-refractivity contribution is 0.0692. The summed E-state index contributed by atoms with van der Waals surface area (Å²) >= 11 is 1.39. The fourth-order valence-corrected chi connectivity index (χ4v) is 4.91. The van der Waals surface area contributed by atoms with E-state index in [1.54, 1.807) is 10.3 Å². The van der Waals surface area contributed by atoms with Crippen LogP contribution < -0.4 is 5.73 Å². The Hall–Kier alpha value is -1.88. The Morgan fingerprint density at radius 3 is 2.46 bits per heavy atom. The lowest BCUT2D eigenvalue weighted by Gasteiger charge is -2.33. The van der Waals surface area contributed by atoms with E-state index in [4.69, 9.17) is 5.73 Å². The van der Waals surface area contributed by atoms with Crippen LogP contribution in [0.4, 0.5) is 4.39 Å². The molecule has 0 saturated carbocycles. The number of nitrogens with two attached hydrogens (primary N) is 1. The Bertz CT molecular complexity index is 875. The minimum atomic E-state index is -3.69. The average molecular weight is 398 g/mol. The molecule has 1 amide bonds. The first-order valence-electron chi connectivity index (χ1n) is 8.11. The van der Waals surface area contributed by atoms with Crippen LogP contribution in [0, 0.1) is 5.82 Å². The number of aromatic nitrogens is 1. The number of amides is 1. The number of carbonyl (C=O) groups is 1. The molecule has 2 N–H and O–H groups in total. The summed E-state index contributed by atoms with van der Waals surface area (Å²) in [5.41, 5.74) is 5.86. The van der Waals surface area contributed by atoms with Gasteiger partial charge in [0.05, 0.1) is 9.90 Å². The number of benzene rings is 1. The van der Waals surface area contributed by atoms with Gasteiger partial charge in [-0.1, -0.05) is 0 Å². The predicted octanol–water partition coefficient (Wildman–Crippen LogP) is 0.930. The van der Waals surface area contributed by atoms with Crippen LogP contribution in [0.5, 0.6) is 0 Å². The highest BCUT2D eigenvalue weighted by molar-refractivity contribution is 7.89. The topological polar surface area (TPSA) is 96.6 Å². The SMILES string of the molecule is NCCc1nc(C(=O)N2CCN(S(=O)(=O)c3ccc(F)cc3)CC2)cs1. The van der Waals surface area contributed by atoms with Crippen molar-refractivity contribution in [2.45, 2.75) is 11.3 Å². The molecular weight excluding hydrogens is 379 g/mol. The monoisotopic (exact) mass is 398 g/mol. The lowest BCUT2D eigenvalue weighted by atomic mass is 10.3. The molecule has 1 aromatic heterocycles. The van der Waals surface area contributed by atoms with E-state index in [0.29, 0.717) is 18.7 Å². The summed E-state index contributed by atoms with van der Waals surface area (Å²) in [6, 6.07) is 4.73. The third kappa shape index (κ3) is 3.93. The number of piperazine rings is 1. The smallest absolute Gasteiger partial charge is 0.273 e. The number of sulfonamides is 1. The first-order valence-corrected chi connectivity index (χ1v) is 10.4. The molecule has 1 aliphatic rings. The van der Waals surface area contributed by atoms with E-state index in [1.807, 2.05) is 0 Å². The van der Waals surface area contributed by atoms with Gasteiger partial charge in [0.2, 0.25) is 10.0 Å². The zero-order valence-corrected chi connectivity index (χ0v) is 15.6. The highest BCUT2D eigenvalue weighted by atomic mass is 32.2. The molecular formula is C16H19FN4O3S2. The van der Waals surface area contributed by atoms with Gasteiger partial charge in [-0.05, 0) is 30.8 Å².